The highest BCUT2D eigenvalue weighted by Gasteiger charge is 2.38. The van der Waals surface area contributed by atoms with Gasteiger partial charge in [-0.25, -0.2) is 13.2 Å². The molecule has 2 aliphatic rings. The zero-order valence-corrected chi connectivity index (χ0v) is 19.8. The molecule has 10 nitrogen and oxygen atoms in total. The van der Waals surface area contributed by atoms with Gasteiger partial charge in [-0.15, -0.1) is 0 Å². The molecule has 0 spiro atoms. The molecule has 2 fully saturated rings. The van der Waals surface area contributed by atoms with Crippen LogP contribution in [-0.2, 0) is 25.0 Å². The SMILES string of the molecule is CCOC(=O)N1CCN(S(=O)(=O)N2CCN(S(=O)(=O)c3ccc(C)cc3C)CC2)CC1. The molecule has 0 radical (unpaired) electrons. The van der Waals surface area contributed by atoms with E-state index in [1.807, 2.05) is 13.0 Å². The Balaban J connectivity index is 1.62. The lowest BCUT2D eigenvalue weighted by Crippen LogP contribution is -2.58. The van der Waals surface area contributed by atoms with Crippen molar-refractivity contribution in [2.24, 2.45) is 0 Å². The van der Waals surface area contributed by atoms with Gasteiger partial charge in [0.05, 0.1) is 11.5 Å². The zero-order valence-electron chi connectivity index (χ0n) is 18.2. The molecule has 2 saturated heterocycles. The summed E-state index contributed by atoms with van der Waals surface area (Å²) < 4.78 is 61.0. The van der Waals surface area contributed by atoms with Gasteiger partial charge in [-0.2, -0.15) is 21.3 Å². The topological polar surface area (TPSA) is 108 Å². The van der Waals surface area contributed by atoms with Crippen LogP contribution in [0.25, 0.3) is 0 Å². The minimum atomic E-state index is -3.73. The monoisotopic (exact) mass is 474 g/mol. The van der Waals surface area contributed by atoms with E-state index in [0.29, 0.717) is 5.56 Å². The fourth-order valence-corrected chi connectivity index (χ4v) is 7.05. The average Bonchev–Trinajstić information content (AvgIpc) is 2.74. The lowest BCUT2D eigenvalue weighted by molar-refractivity contribution is 0.0921. The fraction of sp³-hybridized carbons (Fsp3) is 0.632. The van der Waals surface area contributed by atoms with E-state index in [0.717, 1.165) is 5.56 Å². The lowest BCUT2D eigenvalue weighted by atomic mass is 10.2. The number of carbonyl (C=O) groups is 1. The van der Waals surface area contributed by atoms with Crippen LogP contribution in [0.1, 0.15) is 18.1 Å². The number of amides is 1. The third-order valence-corrected chi connectivity index (χ3v) is 9.66. The summed E-state index contributed by atoms with van der Waals surface area (Å²) in [6.45, 7) is 6.91. The minimum absolute atomic E-state index is 0.0879. The molecule has 0 unspecified atom stereocenters. The van der Waals surface area contributed by atoms with E-state index < -0.39 is 26.3 Å². The molecular weight excluding hydrogens is 444 g/mol. The molecule has 2 aliphatic heterocycles. The molecule has 3 rings (SSSR count). The van der Waals surface area contributed by atoms with Crippen LogP contribution in [0.15, 0.2) is 23.1 Å². The molecule has 0 saturated carbocycles. The normalized spacial score (nSPS) is 20.0. The van der Waals surface area contributed by atoms with Crippen molar-refractivity contribution >= 4 is 26.3 Å². The Morgan fingerprint density at radius 1 is 0.871 bits per heavy atom. The van der Waals surface area contributed by atoms with Gasteiger partial charge >= 0.3 is 6.09 Å². The molecule has 174 valence electrons. The summed E-state index contributed by atoms with van der Waals surface area (Å²) in [5, 5.41) is 0. The second kappa shape index (κ2) is 9.41. The lowest BCUT2D eigenvalue weighted by Gasteiger charge is -2.39. The quantitative estimate of drug-likeness (QED) is 0.620. The maximum absolute atomic E-state index is 13.0. The molecule has 12 heteroatoms. The third-order valence-electron chi connectivity index (χ3n) is 5.56. The predicted molar refractivity (Wildman–Crippen MR) is 115 cm³/mol. The van der Waals surface area contributed by atoms with Crippen molar-refractivity contribution in [2.75, 3.05) is 59.0 Å². The van der Waals surface area contributed by atoms with E-state index in [4.69, 9.17) is 4.74 Å². The Morgan fingerprint density at radius 3 is 1.90 bits per heavy atom. The van der Waals surface area contributed by atoms with Crippen LogP contribution in [0.5, 0.6) is 0 Å². The van der Waals surface area contributed by atoms with Crippen molar-refractivity contribution in [2.45, 2.75) is 25.7 Å². The van der Waals surface area contributed by atoms with Crippen LogP contribution in [-0.4, -0.2) is 99.7 Å². The number of hydrogen-bond acceptors (Lipinski definition) is 6. The summed E-state index contributed by atoms with van der Waals surface area (Å²) >= 11 is 0. The molecule has 0 bridgehead atoms. The van der Waals surface area contributed by atoms with Gasteiger partial charge in [-0.3, -0.25) is 0 Å². The van der Waals surface area contributed by atoms with Gasteiger partial charge in [-0.05, 0) is 32.4 Å². The number of carbonyl (C=O) groups excluding carboxylic acids is 1. The van der Waals surface area contributed by atoms with E-state index >= 15 is 0 Å². The number of ether oxygens (including phenoxy) is 1. The van der Waals surface area contributed by atoms with E-state index in [2.05, 4.69) is 0 Å². The van der Waals surface area contributed by atoms with E-state index in [1.54, 1.807) is 26.0 Å². The summed E-state index contributed by atoms with van der Waals surface area (Å²) in [7, 11) is -7.41. The second-order valence-corrected chi connectivity index (χ2v) is 11.5. The first-order valence-electron chi connectivity index (χ1n) is 10.3. The molecule has 31 heavy (non-hydrogen) atoms. The van der Waals surface area contributed by atoms with Crippen molar-refractivity contribution in [1.82, 2.24) is 17.8 Å². The number of nitrogens with zero attached hydrogens (tertiary/aromatic N) is 4. The van der Waals surface area contributed by atoms with Crippen molar-refractivity contribution in [3.05, 3.63) is 29.3 Å². The standard InChI is InChI=1S/C19H30N4O6S2/c1-4-29-19(24)20-7-9-22(10-8-20)31(27,28)23-13-11-21(12-14-23)30(25,26)18-6-5-16(2)15-17(18)3/h5-6,15H,4,7-14H2,1-3H3. The van der Waals surface area contributed by atoms with E-state index in [1.165, 1.54) is 17.8 Å². The molecule has 1 aromatic rings. The molecule has 0 aromatic heterocycles. The van der Waals surface area contributed by atoms with Gasteiger partial charge < -0.3 is 9.64 Å². The average molecular weight is 475 g/mol. The molecule has 2 heterocycles. The van der Waals surface area contributed by atoms with Crippen molar-refractivity contribution in [1.29, 1.82) is 0 Å². The molecule has 1 aromatic carbocycles. The second-order valence-electron chi connectivity index (χ2n) is 7.66. The largest absolute Gasteiger partial charge is 0.450 e. The van der Waals surface area contributed by atoms with Gasteiger partial charge in [0.2, 0.25) is 10.0 Å². The Morgan fingerprint density at radius 2 is 1.39 bits per heavy atom. The van der Waals surface area contributed by atoms with Crippen molar-refractivity contribution < 1.29 is 26.4 Å². The molecule has 0 N–H and O–H groups in total. The maximum atomic E-state index is 13.0. The van der Waals surface area contributed by atoms with Crippen molar-refractivity contribution in [3.8, 4) is 0 Å². The van der Waals surface area contributed by atoms with Gasteiger partial charge in [0, 0.05) is 52.4 Å². The van der Waals surface area contributed by atoms with Crippen molar-refractivity contribution in [3.63, 3.8) is 0 Å². The molecular formula is C19H30N4O6S2. The van der Waals surface area contributed by atoms with Gasteiger partial charge in [0.1, 0.15) is 0 Å². The number of rotatable bonds is 5. The number of benzene rings is 1. The van der Waals surface area contributed by atoms with E-state index in [9.17, 15) is 21.6 Å². The van der Waals surface area contributed by atoms with Crippen LogP contribution in [0.4, 0.5) is 4.79 Å². The van der Waals surface area contributed by atoms with Gasteiger partial charge in [0.25, 0.3) is 10.2 Å². The Labute approximate surface area is 184 Å². The summed E-state index contributed by atoms with van der Waals surface area (Å²) in [4.78, 5) is 13.6. The van der Waals surface area contributed by atoms with Crippen LogP contribution in [0.2, 0.25) is 0 Å². The highest BCUT2D eigenvalue weighted by atomic mass is 32.2. The minimum Gasteiger partial charge on any atom is -0.450 e. The Bertz CT molecular complexity index is 1010. The number of aryl methyl sites for hydroxylation is 2. The summed E-state index contributed by atoms with van der Waals surface area (Å²) in [6.07, 6.45) is -0.440. The maximum Gasteiger partial charge on any atom is 0.409 e. The highest BCUT2D eigenvalue weighted by molar-refractivity contribution is 7.89. The fourth-order valence-electron chi connectivity index (χ4n) is 3.85. The number of piperazine rings is 2. The first kappa shape index (κ1) is 23.9. The summed E-state index contributed by atoms with van der Waals surface area (Å²) in [5.74, 6) is 0. The van der Waals surface area contributed by atoms with Gasteiger partial charge in [0.15, 0.2) is 0 Å². The van der Waals surface area contributed by atoms with Crippen LogP contribution >= 0.6 is 0 Å². The number of sulfonamides is 1. The predicted octanol–water partition coefficient (Wildman–Crippen LogP) is 0.629. The first-order chi connectivity index (χ1) is 14.6. The van der Waals surface area contributed by atoms with Crippen LogP contribution in [0.3, 0.4) is 0 Å². The summed E-state index contributed by atoms with van der Waals surface area (Å²) in [5.41, 5.74) is 1.66. The smallest absolute Gasteiger partial charge is 0.409 e. The Hall–Kier alpha value is -1.73. The molecule has 0 aliphatic carbocycles. The van der Waals surface area contributed by atoms with Crippen LogP contribution < -0.4 is 0 Å². The summed E-state index contributed by atoms with van der Waals surface area (Å²) in [6, 6.07) is 5.19. The van der Waals surface area contributed by atoms with Crippen LogP contribution in [0, 0.1) is 13.8 Å². The molecule has 1 amide bonds. The number of hydrogen-bond donors (Lipinski definition) is 0. The highest BCUT2D eigenvalue weighted by Crippen LogP contribution is 2.23. The zero-order chi connectivity index (χ0) is 22.8. The Kier molecular flexibility index (Phi) is 7.26. The third kappa shape index (κ3) is 5.03. The van der Waals surface area contributed by atoms with E-state index in [-0.39, 0.29) is 63.9 Å². The first-order valence-corrected chi connectivity index (χ1v) is 13.2. The van der Waals surface area contributed by atoms with Gasteiger partial charge in [-0.1, -0.05) is 17.7 Å². The molecule has 0 atom stereocenters.